The smallest absolute Gasteiger partial charge is 0.225 e. The van der Waals surface area contributed by atoms with Gasteiger partial charge in [0.05, 0.1) is 4.75 Å². The molecular weight excluding hydrogens is 346 g/mol. The van der Waals surface area contributed by atoms with Crippen LogP contribution in [-0.4, -0.2) is 44.7 Å². The first kappa shape index (κ1) is 22.9. The third kappa shape index (κ3) is 8.03. The second-order valence-electron chi connectivity index (χ2n) is 6.45. The van der Waals surface area contributed by atoms with Crippen molar-refractivity contribution in [3.8, 4) is 0 Å². The molecule has 0 aromatic carbocycles. The number of amides is 1. The van der Waals surface area contributed by atoms with E-state index in [9.17, 15) is 9.59 Å². The Labute approximate surface area is 155 Å². The van der Waals surface area contributed by atoms with Crippen molar-refractivity contribution >= 4 is 51.0 Å². The van der Waals surface area contributed by atoms with E-state index < -0.39 is 4.75 Å². The topological polar surface area (TPSA) is 37.4 Å². The minimum atomic E-state index is -0.636. The van der Waals surface area contributed by atoms with Gasteiger partial charge in [-0.2, -0.15) is 0 Å². The average molecular weight is 378 g/mol. The van der Waals surface area contributed by atoms with Crippen LogP contribution in [0.25, 0.3) is 0 Å². The first-order valence-corrected chi connectivity index (χ1v) is 10.4. The minimum absolute atomic E-state index is 0.0854. The van der Waals surface area contributed by atoms with Gasteiger partial charge in [0.25, 0.3) is 0 Å². The summed E-state index contributed by atoms with van der Waals surface area (Å²) in [7, 11) is 3.56. The zero-order valence-corrected chi connectivity index (χ0v) is 17.9. The highest BCUT2D eigenvalue weighted by Gasteiger charge is 2.38. The van der Waals surface area contributed by atoms with Crippen LogP contribution in [0.5, 0.6) is 0 Å². The predicted molar refractivity (Wildman–Crippen MR) is 108 cm³/mol. The second-order valence-corrected chi connectivity index (χ2v) is 10.4. The maximum Gasteiger partial charge on any atom is 0.225 e. The molecule has 0 bridgehead atoms. The number of ketones is 1. The number of Topliss-reactive ketones (excluding diaryl/α,β-unsaturated/α-hetero) is 1. The molecule has 0 aromatic heterocycles. The van der Waals surface area contributed by atoms with Gasteiger partial charge in [0.1, 0.15) is 9.31 Å². The Morgan fingerprint density at radius 1 is 1.26 bits per heavy atom. The van der Waals surface area contributed by atoms with E-state index in [1.165, 1.54) is 11.8 Å². The number of carbonyl (C=O) groups is 2. The molecule has 3 nitrogen and oxygen atoms in total. The fourth-order valence-corrected chi connectivity index (χ4v) is 5.43. The average Bonchev–Trinajstić information content (AvgIpc) is 2.45. The Kier molecular flexibility index (Phi) is 10.7. The van der Waals surface area contributed by atoms with Crippen molar-refractivity contribution in [2.75, 3.05) is 19.8 Å². The molecule has 0 heterocycles. The summed E-state index contributed by atoms with van der Waals surface area (Å²) in [6.45, 7) is 9.87. The van der Waals surface area contributed by atoms with Gasteiger partial charge in [-0.05, 0) is 38.4 Å². The molecule has 0 radical (unpaired) electrons. The molecule has 23 heavy (non-hydrogen) atoms. The van der Waals surface area contributed by atoms with Gasteiger partial charge in [-0.25, -0.2) is 0 Å². The molecule has 0 aliphatic heterocycles. The summed E-state index contributed by atoms with van der Waals surface area (Å²) in [6, 6.07) is 0. The van der Waals surface area contributed by atoms with Gasteiger partial charge in [-0.15, -0.1) is 11.8 Å². The van der Waals surface area contributed by atoms with E-state index in [0.717, 1.165) is 22.1 Å². The summed E-state index contributed by atoms with van der Waals surface area (Å²) in [6.07, 6.45) is 2.38. The number of thioether (sulfide) groups is 2. The van der Waals surface area contributed by atoms with Crippen LogP contribution in [0.15, 0.2) is 0 Å². The number of nitrogens with zero attached hydrogens (tertiary/aromatic N) is 1. The van der Waals surface area contributed by atoms with Crippen LogP contribution >= 0.6 is 35.7 Å². The van der Waals surface area contributed by atoms with E-state index in [1.807, 2.05) is 13.8 Å². The lowest BCUT2D eigenvalue weighted by Gasteiger charge is -2.32. The number of rotatable bonds is 9. The standard InChI is InChI=1S/C17H31NO2S3/c1-8-12(3)10-14(15(20)18(6)7)11-17(5,13(4)19)23-16(21)22-9-2/h12,14H,8-11H2,1-7H3. The number of hydrogen-bond acceptors (Lipinski definition) is 5. The van der Waals surface area contributed by atoms with E-state index in [-0.39, 0.29) is 17.6 Å². The zero-order valence-electron chi connectivity index (χ0n) is 15.5. The van der Waals surface area contributed by atoms with Crippen molar-refractivity contribution in [1.82, 2.24) is 4.90 Å². The summed E-state index contributed by atoms with van der Waals surface area (Å²) < 4.78 is 0.146. The van der Waals surface area contributed by atoms with E-state index in [4.69, 9.17) is 12.2 Å². The van der Waals surface area contributed by atoms with E-state index in [1.54, 1.807) is 37.7 Å². The molecule has 0 aliphatic rings. The number of thiocarbonyl (C=S) groups is 1. The highest BCUT2D eigenvalue weighted by molar-refractivity contribution is 8.47. The molecule has 0 aromatic rings. The van der Waals surface area contributed by atoms with Gasteiger partial charge in [0.2, 0.25) is 5.91 Å². The molecule has 0 N–H and O–H groups in total. The maximum atomic E-state index is 12.6. The molecule has 0 rings (SSSR count). The third-order valence-electron chi connectivity index (χ3n) is 4.13. The van der Waals surface area contributed by atoms with Gasteiger partial charge >= 0.3 is 0 Å². The summed E-state index contributed by atoms with van der Waals surface area (Å²) in [5, 5.41) is 0. The molecular formula is C17H31NO2S3. The van der Waals surface area contributed by atoms with Gasteiger partial charge in [0, 0.05) is 20.0 Å². The molecule has 3 atom stereocenters. The van der Waals surface area contributed by atoms with Gasteiger partial charge in [-0.1, -0.05) is 51.2 Å². The van der Waals surface area contributed by atoms with Crippen LogP contribution in [0.3, 0.4) is 0 Å². The second kappa shape index (κ2) is 10.7. The van der Waals surface area contributed by atoms with Crippen LogP contribution in [0.1, 0.15) is 53.9 Å². The van der Waals surface area contributed by atoms with Crippen molar-refractivity contribution in [3.63, 3.8) is 0 Å². The molecule has 0 spiro atoms. The lowest BCUT2D eigenvalue weighted by Crippen LogP contribution is -2.39. The first-order chi connectivity index (χ1) is 10.6. The Hall–Kier alpha value is -0.0700. The normalized spacial score (nSPS) is 16.3. The quantitative estimate of drug-likeness (QED) is 0.547. The van der Waals surface area contributed by atoms with Gasteiger partial charge in [-0.3, -0.25) is 9.59 Å². The monoisotopic (exact) mass is 377 g/mol. The fourth-order valence-electron chi connectivity index (χ4n) is 2.35. The van der Waals surface area contributed by atoms with Gasteiger partial charge in [0.15, 0.2) is 0 Å². The Bertz CT molecular complexity index is 426. The zero-order chi connectivity index (χ0) is 18.2. The van der Waals surface area contributed by atoms with Crippen LogP contribution in [-0.2, 0) is 9.59 Å². The van der Waals surface area contributed by atoms with Crippen molar-refractivity contribution in [3.05, 3.63) is 0 Å². The Balaban J connectivity index is 5.30. The summed E-state index contributed by atoms with van der Waals surface area (Å²) in [5.74, 6) is 1.40. The maximum absolute atomic E-state index is 12.6. The minimum Gasteiger partial charge on any atom is -0.349 e. The van der Waals surface area contributed by atoms with Crippen molar-refractivity contribution in [1.29, 1.82) is 0 Å². The number of hydrogen-bond donors (Lipinski definition) is 0. The van der Waals surface area contributed by atoms with E-state index in [2.05, 4.69) is 13.8 Å². The van der Waals surface area contributed by atoms with E-state index in [0.29, 0.717) is 12.3 Å². The lowest BCUT2D eigenvalue weighted by molar-refractivity contribution is -0.134. The Morgan fingerprint density at radius 2 is 1.83 bits per heavy atom. The SMILES string of the molecule is CCSC(=S)SC(C)(CC(CC(C)CC)C(=O)N(C)C)C(C)=O. The first-order valence-electron chi connectivity index (χ1n) is 8.15. The largest absolute Gasteiger partial charge is 0.349 e. The molecule has 3 unspecified atom stereocenters. The highest BCUT2D eigenvalue weighted by Crippen LogP contribution is 2.39. The van der Waals surface area contributed by atoms with Gasteiger partial charge < -0.3 is 4.90 Å². The summed E-state index contributed by atoms with van der Waals surface area (Å²) in [4.78, 5) is 26.5. The van der Waals surface area contributed by atoms with Crippen molar-refractivity contribution in [2.24, 2.45) is 11.8 Å². The molecule has 0 fully saturated rings. The molecule has 134 valence electrons. The van der Waals surface area contributed by atoms with Crippen LogP contribution in [0.2, 0.25) is 0 Å². The molecule has 0 saturated heterocycles. The van der Waals surface area contributed by atoms with Crippen LogP contribution in [0.4, 0.5) is 0 Å². The predicted octanol–water partition coefficient (Wildman–Crippen LogP) is 4.64. The van der Waals surface area contributed by atoms with Crippen LogP contribution < -0.4 is 0 Å². The molecule has 0 saturated carbocycles. The van der Waals surface area contributed by atoms with E-state index >= 15 is 0 Å². The summed E-state index contributed by atoms with van der Waals surface area (Å²) >= 11 is 8.41. The lowest BCUT2D eigenvalue weighted by atomic mass is 9.84. The molecule has 1 amide bonds. The van der Waals surface area contributed by atoms with Crippen molar-refractivity contribution in [2.45, 2.75) is 58.6 Å². The number of carbonyl (C=O) groups excluding carboxylic acids is 2. The third-order valence-corrected chi connectivity index (χ3v) is 6.93. The highest BCUT2D eigenvalue weighted by atomic mass is 32.2. The van der Waals surface area contributed by atoms with Crippen LogP contribution in [0, 0.1) is 11.8 Å². The Morgan fingerprint density at radius 3 is 2.22 bits per heavy atom. The van der Waals surface area contributed by atoms with Crippen molar-refractivity contribution < 1.29 is 9.59 Å². The molecule has 0 aliphatic carbocycles. The fraction of sp³-hybridized carbons (Fsp3) is 0.824. The summed E-state index contributed by atoms with van der Waals surface area (Å²) in [5.41, 5.74) is 0. The molecule has 6 heteroatoms.